The molecule has 4 heteroatoms. The molecule has 0 aromatic rings. The van der Waals surface area contributed by atoms with Gasteiger partial charge in [-0.1, -0.05) is 17.7 Å². The van der Waals surface area contributed by atoms with Crippen molar-refractivity contribution in [3.8, 4) is 0 Å². The van der Waals surface area contributed by atoms with Crippen molar-refractivity contribution in [2.24, 2.45) is 0 Å². The molecule has 0 saturated heterocycles. The Morgan fingerprint density at radius 1 is 1.60 bits per heavy atom. The number of halogens is 3. The monoisotopic (exact) mass is 166 g/mol. The molecule has 10 heavy (non-hydrogen) atoms. The van der Waals surface area contributed by atoms with E-state index in [2.05, 4.69) is 0 Å². The smallest absolute Gasteiger partial charge is 0.273 e. The van der Waals surface area contributed by atoms with Gasteiger partial charge in [0, 0.05) is 12.5 Å². The van der Waals surface area contributed by atoms with Crippen LogP contribution in [-0.4, -0.2) is 11.0 Å². The van der Waals surface area contributed by atoms with Crippen LogP contribution < -0.4 is 0 Å². The molecule has 0 atom stereocenters. The first-order valence-corrected chi connectivity index (χ1v) is 3.05. The van der Waals surface area contributed by atoms with E-state index in [0.29, 0.717) is 6.08 Å². The van der Waals surface area contributed by atoms with Crippen LogP contribution in [0.2, 0.25) is 0 Å². The van der Waals surface area contributed by atoms with Gasteiger partial charge in [0.1, 0.15) is 5.76 Å². The Morgan fingerprint density at radius 2 is 2.20 bits per heavy atom. The van der Waals surface area contributed by atoms with Gasteiger partial charge in [-0.05, 0) is 0 Å². The zero-order chi connectivity index (χ0) is 7.78. The molecule has 1 aliphatic carbocycles. The van der Waals surface area contributed by atoms with E-state index >= 15 is 0 Å². The Morgan fingerprint density at radius 3 is 2.60 bits per heavy atom. The predicted molar refractivity (Wildman–Crippen MR) is 34.2 cm³/mol. The SMILES string of the molecule is OC1=CC(F)(F)CC=C1Cl. The number of alkyl halides is 2. The molecule has 0 spiro atoms. The van der Waals surface area contributed by atoms with Crippen LogP contribution in [0.5, 0.6) is 0 Å². The van der Waals surface area contributed by atoms with E-state index in [4.69, 9.17) is 16.7 Å². The van der Waals surface area contributed by atoms with E-state index in [1.165, 1.54) is 0 Å². The van der Waals surface area contributed by atoms with Gasteiger partial charge in [0.05, 0.1) is 5.03 Å². The first-order chi connectivity index (χ1) is 4.51. The molecule has 0 heterocycles. The Labute approximate surface area is 61.6 Å². The third-order valence-electron chi connectivity index (χ3n) is 1.15. The van der Waals surface area contributed by atoms with Gasteiger partial charge in [0.15, 0.2) is 0 Å². The Hall–Kier alpha value is -0.570. The van der Waals surface area contributed by atoms with Crippen LogP contribution in [0.25, 0.3) is 0 Å². The largest absolute Gasteiger partial charge is 0.507 e. The molecule has 0 aliphatic heterocycles. The fourth-order valence-corrected chi connectivity index (χ4v) is 0.790. The minimum Gasteiger partial charge on any atom is -0.507 e. The summed E-state index contributed by atoms with van der Waals surface area (Å²) >= 11 is 5.30. The number of aliphatic hydroxyl groups excluding tert-OH is 1. The van der Waals surface area contributed by atoms with Crippen molar-refractivity contribution in [1.82, 2.24) is 0 Å². The average Bonchev–Trinajstić information content (AvgIpc) is 1.79. The molecule has 0 fully saturated rings. The number of hydrogen-bond donors (Lipinski definition) is 1. The summed E-state index contributed by atoms with van der Waals surface area (Å²) < 4.78 is 24.6. The summed E-state index contributed by atoms with van der Waals surface area (Å²) in [6, 6.07) is 0. The lowest BCUT2D eigenvalue weighted by Crippen LogP contribution is -2.15. The second-order valence-electron chi connectivity index (χ2n) is 2.05. The molecule has 0 aromatic carbocycles. The second-order valence-corrected chi connectivity index (χ2v) is 2.45. The summed E-state index contributed by atoms with van der Waals surface area (Å²) in [5.74, 6) is -3.49. The summed E-state index contributed by atoms with van der Waals surface area (Å²) in [6.45, 7) is 0. The van der Waals surface area contributed by atoms with Crippen LogP contribution in [0.15, 0.2) is 22.9 Å². The highest BCUT2D eigenvalue weighted by Gasteiger charge is 2.29. The number of allylic oxidation sites excluding steroid dienone is 3. The fourth-order valence-electron chi connectivity index (χ4n) is 0.658. The molecular formula is C6H5ClF2O. The highest BCUT2D eigenvalue weighted by Crippen LogP contribution is 2.30. The van der Waals surface area contributed by atoms with Crippen LogP contribution in [0.3, 0.4) is 0 Å². The van der Waals surface area contributed by atoms with E-state index in [-0.39, 0.29) is 5.03 Å². The number of aliphatic hydroxyl groups is 1. The third kappa shape index (κ3) is 1.48. The first kappa shape index (κ1) is 7.54. The molecule has 0 saturated carbocycles. The topological polar surface area (TPSA) is 20.2 Å². The molecule has 0 bridgehead atoms. The van der Waals surface area contributed by atoms with Gasteiger partial charge >= 0.3 is 0 Å². The lowest BCUT2D eigenvalue weighted by Gasteiger charge is -2.14. The minimum absolute atomic E-state index is 0.00840. The average molecular weight is 167 g/mol. The van der Waals surface area contributed by atoms with Crippen molar-refractivity contribution >= 4 is 11.6 Å². The van der Waals surface area contributed by atoms with E-state index in [9.17, 15) is 8.78 Å². The van der Waals surface area contributed by atoms with Crippen molar-refractivity contribution in [2.45, 2.75) is 12.3 Å². The molecule has 0 radical (unpaired) electrons. The number of rotatable bonds is 0. The Kier molecular flexibility index (Phi) is 1.68. The number of hydrogen-bond acceptors (Lipinski definition) is 1. The van der Waals surface area contributed by atoms with Gasteiger partial charge in [-0.2, -0.15) is 0 Å². The van der Waals surface area contributed by atoms with E-state index in [1.54, 1.807) is 0 Å². The maximum atomic E-state index is 12.3. The van der Waals surface area contributed by atoms with Crippen LogP contribution >= 0.6 is 11.6 Å². The van der Waals surface area contributed by atoms with Gasteiger partial charge in [-0.15, -0.1) is 0 Å². The summed E-state index contributed by atoms with van der Waals surface area (Å²) in [6.07, 6.45) is 1.11. The van der Waals surface area contributed by atoms with E-state index < -0.39 is 18.1 Å². The van der Waals surface area contributed by atoms with Gasteiger partial charge in [0.25, 0.3) is 5.92 Å². The van der Waals surface area contributed by atoms with Crippen LogP contribution in [-0.2, 0) is 0 Å². The zero-order valence-corrected chi connectivity index (χ0v) is 5.70. The van der Waals surface area contributed by atoms with Crippen LogP contribution in [0.1, 0.15) is 6.42 Å². The van der Waals surface area contributed by atoms with Crippen LogP contribution in [0.4, 0.5) is 8.78 Å². The molecule has 1 nitrogen and oxygen atoms in total. The molecule has 56 valence electrons. The van der Waals surface area contributed by atoms with Crippen molar-refractivity contribution in [3.05, 3.63) is 22.9 Å². The maximum absolute atomic E-state index is 12.3. The van der Waals surface area contributed by atoms with E-state index in [1.807, 2.05) is 0 Å². The molecule has 0 amide bonds. The first-order valence-electron chi connectivity index (χ1n) is 2.67. The summed E-state index contributed by atoms with van der Waals surface area (Å²) in [5, 5.41) is 8.69. The van der Waals surface area contributed by atoms with Crippen molar-refractivity contribution in [2.75, 3.05) is 0 Å². The molecule has 1 aliphatic rings. The Balaban J connectivity index is 2.87. The van der Waals surface area contributed by atoms with Crippen molar-refractivity contribution in [3.63, 3.8) is 0 Å². The highest BCUT2D eigenvalue weighted by atomic mass is 35.5. The zero-order valence-electron chi connectivity index (χ0n) is 4.94. The normalized spacial score (nSPS) is 23.5. The molecule has 1 N–H and O–H groups in total. The van der Waals surface area contributed by atoms with Gasteiger partial charge < -0.3 is 5.11 Å². The standard InChI is InChI=1S/C6H5ClF2O/c7-4-1-2-6(8,9)3-5(4)10/h1,3,10H,2H2. The Bertz CT molecular complexity index is 208. The maximum Gasteiger partial charge on any atom is 0.273 e. The van der Waals surface area contributed by atoms with Crippen molar-refractivity contribution < 1.29 is 13.9 Å². The molecule has 0 unspecified atom stereocenters. The van der Waals surface area contributed by atoms with Crippen molar-refractivity contribution in [1.29, 1.82) is 0 Å². The molecular weight excluding hydrogens is 162 g/mol. The summed E-state index contributed by atoms with van der Waals surface area (Å²) in [7, 11) is 0. The third-order valence-corrected chi connectivity index (χ3v) is 1.49. The predicted octanol–water partition coefficient (Wildman–Crippen LogP) is 2.59. The second kappa shape index (κ2) is 2.23. The molecule has 1 rings (SSSR count). The van der Waals surface area contributed by atoms with Crippen LogP contribution in [0, 0.1) is 0 Å². The molecule has 0 aromatic heterocycles. The fraction of sp³-hybridized carbons (Fsp3) is 0.333. The lowest BCUT2D eigenvalue weighted by atomic mass is 10.1. The summed E-state index contributed by atoms with van der Waals surface area (Å²) in [4.78, 5) is 0. The highest BCUT2D eigenvalue weighted by molar-refractivity contribution is 6.31. The lowest BCUT2D eigenvalue weighted by molar-refractivity contribution is 0.0531. The quantitative estimate of drug-likeness (QED) is 0.587. The van der Waals surface area contributed by atoms with Gasteiger partial charge in [-0.25, -0.2) is 8.78 Å². The summed E-state index contributed by atoms with van der Waals surface area (Å²) in [5.41, 5.74) is 0. The minimum atomic E-state index is -2.94. The van der Waals surface area contributed by atoms with Gasteiger partial charge in [0.2, 0.25) is 0 Å². The van der Waals surface area contributed by atoms with Gasteiger partial charge in [-0.3, -0.25) is 0 Å². The van der Waals surface area contributed by atoms with E-state index in [0.717, 1.165) is 6.08 Å².